The summed E-state index contributed by atoms with van der Waals surface area (Å²) in [4.78, 5) is 10.8. The lowest BCUT2D eigenvalue weighted by Crippen LogP contribution is -2.36. The molecule has 0 saturated heterocycles. The fourth-order valence-electron chi connectivity index (χ4n) is 2.31. The molecule has 0 radical (unpaired) electrons. The standard InChI is InChI=1S/C12H14O4/c13-9-3-2-8(6-10(9)14)12(4-1-5-12)7-11(15)16/h2-3,6,13-14H,1,4-5,7H2,(H,15,16). The van der Waals surface area contributed by atoms with Gasteiger partial charge in [0.05, 0.1) is 6.42 Å². The zero-order valence-electron chi connectivity index (χ0n) is 8.81. The Hall–Kier alpha value is -1.71. The molecule has 0 bridgehead atoms. The van der Waals surface area contributed by atoms with E-state index in [1.807, 2.05) is 0 Å². The van der Waals surface area contributed by atoms with Gasteiger partial charge in [0.15, 0.2) is 11.5 Å². The molecule has 2 rings (SSSR count). The van der Waals surface area contributed by atoms with Crippen LogP contribution in [-0.2, 0) is 10.2 Å². The zero-order valence-corrected chi connectivity index (χ0v) is 8.81. The Morgan fingerprint density at radius 1 is 1.25 bits per heavy atom. The minimum Gasteiger partial charge on any atom is -0.504 e. The number of rotatable bonds is 3. The molecule has 1 aliphatic rings. The summed E-state index contributed by atoms with van der Waals surface area (Å²) in [6.45, 7) is 0. The van der Waals surface area contributed by atoms with Gasteiger partial charge in [-0.15, -0.1) is 0 Å². The Labute approximate surface area is 93.2 Å². The van der Waals surface area contributed by atoms with Gasteiger partial charge >= 0.3 is 5.97 Å². The first-order chi connectivity index (χ1) is 7.53. The average molecular weight is 222 g/mol. The molecule has 4 heteroatoms. The highest BCUT2D eigenvalue weighted by atomic mass is 16.4. The van der Waals surface area contributed by atoms with Crippen LogP contribution in [0.15, 0.2) is 18.2 Å². The van der Waals surface area contributed by atoms with Crippen LogP contribution in [0.2, 0.25) is 0 Å². The lowest BCUT2D eigenvalue weighted by molar-refractivity contribution is -0.139. The van der Waals surface area contributed by atoms with Gasteiger partial charge in [0, 0.05) is 5.41 Å². The van der Waals surface area contributed by atoms with E-state index in [1.165, 1.54) is 12.1 Å². The Bertz CT molecular complexity index is 421. The minimum absolute atomic E-state index is 0.0806. The third kappa shape index (κ3) is 1.71. The Balaban J connectivity index is 2.33. The maximum absolute atomic E-state index is 10.8. The number of carbonyl (C=O) groups is 1. The largest absolute Gasteiger partial charge is 0.504 e. The summed E-state index contributed by atoms with van der Waals surface area (Å²) >= 11 is 0. The molecule has 1 aliphatic carbocycles. The molecule has 0 amide bonds. The fraction of sp³-hybridized carbons (Fsp3) is 0.417. The van der Waals surface area contributed by atoms with Crippen molar-refractivity contribution in [3.8, 4) is 11.5 Å². The number of benzene rings is 1. The molecule has 0 aliphatic heterocycles. The normalized spacial score (nSPS) is 17.8. The van der Waals surface area contributed by atoms with Gasteiger partial charge in [0.2, 0.25) is 0 Å². The highest BCUT2D eigenvalue weighted by Crippen LogP contribution is 2.47. The molecule has 16 heavy (non-hydrogen) atoms. The van der Waals surface area contributed by atoms with Crippen LogP contribution in [-0.4, -0.2) is 21.3 Å². The number of phenols is 2. The van der Waals surface area contributed by atoms with Crippen LogP contribution in [0.3, 0.4) is 0 Å². The maximum atomic E-state index is 10.8. The third-order valence-corrected chi connectivity index (χ3v) is 3.39. The Morgan fingerprint density at radius 2 is 1.94 bits per heavy atom. The van der Waals surface area contributed by atoms with Gasteiger partial charge in [-0.1, -0.05) is 12.5 Å². The highest BCUT2D eigenvalue weighted by Gasteiger charge is 2.40. The molecule has 0 unspecified atom stereocenters. The summed E-state index contributed by atoms with van der Waals surface area (Å²) in [5.74, 6) is -1.19. The topological polar surface area (TPSA) is 77.8 Å². The van der Waals surface area contributed by atoms with Crippen molar-refractivity contribution in [2.75, 3.05) is 0 Å². The molecule has 86 valence electrons. The molecule has 1 saturated carbocycles. The third-order valence-electron chi connectivity index (χ3n) is 3.39. The second kappa shape index (κ2) is 3.70. The molecule has 4 nitrogen and oxygen atoms in total. The van der Waals surface area contributed by atoms with E-state index in [-0.39, 0.29) is 23.3 Å². The van der Waals surface area contributed by atoms with Crippen molar-refractivity contribution >= 4 is 5.97 Å². The molecular formula is C12H14O4. The van der Waals surface area contributed by atoms with Crippen molar-refractivity contribution in [1.29, 1.82) is 0 Å². The molecule has 1 fully saturated rings. The summed E-state index contributed by atoms with van der Waals surface area (Å²) in [6, 6.07) is 4.57. The Kier molecular flexibility index (Phi) is 2.50. The summed E-state index contributed by atoms with van der Waals surface area (Å²) in [6.07, 6.45) is 2.74. The molecule has 1 aromatic rings. The van der Waals surface area contributed by atoms with Gasteiger partial charge in [-0.25, -0.2) is 0 Å². The van der Waals surface area contributed by atoms with E-state index in [9.17, 15) is 15.0 Å². The number of hydrogen-bond acceptors (Lipinski definition) is 3. The molecule has 0 atom stereocenters. The van der Waals surface area contributed by atoms with Gasteiger partial charge in [0.1, 0.15) is 0 Å². The predicted octanol–water partition coefficient (Wildman–Crippen LogP) is 1.99. The van der Waals surface area contributed by atoms with E-state index < -0.39 is 5.97 Å². The molecule has 0 aromatic heterocycles. The first kappa shape index (κ1) is 10.8. The number of carboxylic acids is 1. The van der Waals surface area contributed by atoms with Crippen LogP contribution < -0.4 is 0 Å². The van der Waals surface area contributed by atoms with Crippen LogP contribution in [0.4, 0.5) is 0 Å². The van der Waals surface area contributed by atoms with Gasteiger partial charge in [-0.05, 0) is 30.5 Å². The quantitative estimate of drug-likeness (QED) is 0.683. The lowest BCUT2D eigenvalue weighted by atomic mass is 9.62. The van der Waals surface area contributed by atoms with Gasteiger partial charge in [0.25, 0.3) is 0 Å². The van der Waals surface area contributed by atoms with Gasteiger partial charge < -0.3 is 15.3 Å². The number of aliphatic carboxylic acids is 1. The van der Waals surface area contributed by atoms with Crippen molar-refractivity contribution in [2.24, 2.45) is 0 Å². The first-order valence-electron chi connectivity index (χ1n) is 5.28. The SMILES string of the molecule is O=C(O)CC1(c2ccc(O)c(O)c2)CCC1. The lowest BCUT2D eigenvalue weighted by Gasteiger charge is -2.41. The van der Waals surface area contributed by atoms with E-state index in [2.05, 4.69) is 0 Å². The van der Waals surface area contributed by atoms with E-state index >= 15 is 0 Å². The second-order valence-electron chi connectivity index (χ2n) is 4.41. The first-order valence-corrected chi connectivity index (χ1v) is 5.28. The maximum Gasteiger partial charge on any atom is 0.304 e. The fourth-order valence-corrected chi connectivity index (χ4v) is 2.31. The summed E-state index contributed by atoms with van der Waals surface area (Å²) < 4.78 is 0. The molecule has 0 heterocycles. The summed E-state index contributed by atoms with van der Waals surface area (Å²) in [5, 5.41) is 27.5. The smallest absolute Gasteiger partial charge is 0.304 e. The van der Waals surface area contributed by atoms with Crippen molar-refractivity contribution in [2.45, 2.75) is 31.1 Å². The number of carboxylic acid groups (broad SMARTS) is 1. The van der Waals surface area contributed by atoms with Crippen LogP contribution in [0, 0.1) is 0 Å². The second-order valence-corrected chi connectivity index (χ2v) is 4.41. The van der Waals surface area contributed by atoms with Crippen LogP contribution in [0.25, 0.3) is 0 Å². The van der Waals surface area contributed by atoms with Crippen molar-refractivity contribution in [3.05, 3.63) is 23.8 Å². The number of phenolic OH excluding ortho intramolecular Hbond substituents is 2. The predicted molar refractivity (Wildman–Crippen MR) is 57.6 cm³/mol. The number of aromatic hydroxyl groups is 2. The van der Waals surface area contributed by atoms with Crippen LogP contribution in [0.1, 0.15) is 31.2 Å². The van der Waals surface area contributed by atoms with E-state index in [4.69, 9.17) is 5.11 Å². The minimum atomic E-state index is -0.827. The van der Waals surface area contributed by atoms with E-state index in [1.54, 1.807) is 6.07 Å². The average Bonchev–Trinajstić information content (AvgIpc) is 2.16. The van der Waals surface area contributed by atoms with E-state index in [0.29, 0.717) is 0 Å². The van der Waals surface area contributed by atoms with Crippen molar-refractivity contribution in [3.63, 3.8) is 0 Å². The van der Waals surface area contributed by atoms with Gasteiger partial charge in [-0.2, -0.15) is 0 Å². The van der Waals surface area contributed by atoms with Gasteiger partial charge in [-0.3, -0.25) is 4.79 Å². The van der Waals surface area contributed by atoms with Crippen LogP contribution in [0.5, 0.6) is 11.5 Å². The highest BCUT2D eigenvalue weighted by molar-refractivity contribution is 5.69. The van der Waals surface area contributed by atoms with Crippen LogP contribution >= 0.6 is 0 Å². The summed E-state index contributed by atoms with van der Waals surface area (Å²) in [5.41, 5.74) is 0.452. The Morgan fingerprint density at radius 3 is 2.38 bits per heavy atom. The number of hydrogen-bond donors (Lipinski definition) is 3. The summed E-state index contributed by atoms with van der Waals surface area (Å²) in [7, 11) is 0. The zero-order chi connectivity index (χ0) is 11.8. The molecular weight excluding hydrogens is 208 g/mol. The molecule has 3 N–H and O–H groups in total. The van der Waals surface area contributed by atoms with Crippen molar-refractivity contribution < 1.29 is 20.1 Å². The monoisotopic (exact) mass is 222 g/mol. The molecule has 1 aromatic carbocycles. The van der Waals surface area contributed by atoms with E-state index in [0.717, 1.165) is 24.8 Å². The van der Waals surface area contributed by atoms with Crippen molar-refractivity contribution in [1.82, 2.24) is 0 Å². The molecule has 0 spiro atoms.